The Morgan fingerprint density at radius 1 is 1.46 bits per heavy atom. The highest BCUT2D eigenvalue weighted by molar-refractivity contribution is 6.66. The number of hydrogen-bond acceptors (Lipinski definition) is 4. The molecular formula is C6H6Cl3N3O. The zero-order chi connectivity index (χ0) is 10.1. The smallest absolute Gasteiger partial charge is 0.250 e. The van der Waals surface area contributed by atoms with Gasteiger partial charge in [-0.15, -0.1) is 0 Å². The van der Waals surface area contributed by atoms with Gasteiger partial charge in [-0.2, -0.15) is 0 Å². The predicted octanol–water partition coefficient (Wildman–Crippen LogP) is 1.89. The van der Waals surface area contributed by atoms with Gasteiger partial charge in [0.2, 0.25) is 3.79 Å². The maximum absolute atomic E-state index is 5.54. The molecule has 0 spiro atoms. The Bertz CT molecular complexity index is 312. The largest absolute Gasteiger partial charge is 0.491 e. The number of methoxy groups -OCH3 is 1. The Balaban J connectivity index is 3.10. The third-order valence-corrected chi connectivity index (χ3v) is 1.76. The highest BCUT2D eigenvalue weighted by Crippen LogP contribution is 2.36. The molecule has 0 atom stereocenters. The van der Waals surface area contributed by atoms with Crippen molar-refractivity contribution in [3.63, 3.8) is 0 Å². The van der Waals surface area contributed by atoms with Crippen molar-refractivity contribution in [1.29, 1.82) is 0 Å². The number of alkyl halides is 3. The van der Waals surface area contributed by atoms with E-state index in [1.54, 1.807) is 0 Å². The highest BCUT2D eigenvalue weighted by atomic mass is 35.6. The van der Waals surface area contributed by atoms with Crippen LogP contribution >= 0.6 is 34.8 Å². The molecule has 0 unspecified atom stereocenters. The summed E-state index contributed by atoms with van der Waals surface area (Å²) in [5.74, 6) is 0.507. The van der Waals surface area contributed by atoms with Gasteiger partial charge >= 0.3 is 0 Å². The third-order valence-electron chi connectivity index (χ3n) is 1.26. The summed E-state index contributed by atoms with van der Waals surface area (Å²) in [5.41, 5.74) is 5.48. The van der Waals surface area contributed by atoms with Crippen LogP contribution in [0, 0.1) is 0 Å². The molecule has 1 aromatic rings. The summed E-state index contributed by atoms with van der Waals surface area (Å²) in [5, 5.41) is 0. The van der Waals surface area contributed by atoms with E-state index in [1.165, 1.54) is 13.3 Å². The number of ether oxygens (including phenoxy) is 1. The maximum atomic E-state index is 5.54. The Hall–Kier alpha value is -0.450. The van der Waals surface area contributed by atoms with E-state index in [1.807, 2.05) is 0 Å². The molecule has 0 fully saturated rings. The van der Waals surface area contributed by atoms with Gasteiger partial charge in [-0.1, -0.05) is 34.8 Å². The summed E-state index contributed by atoms with van der Waals surface area (Å²) in [6.07, 6.45) is 1.35. The number of aromatic nitrogens is 2. The average molecular weight is 242 g/mol. The average Bonchev–Trinajstić information content (AvgIpc) is 2.02. The third kappa shape index (κ3) is 2.49. The van der Waals surface area contributed by atoms with Crippen molar-refractivity contribution < 1.29 is 4.74 Å². The van der Waals surface area contributed by atoms with Gasteiger partial charge in [0.15, 0.2) is 17.4 Å². The number of nitrogens with two attached hydrogens (primary N) is 1. The number of nitrogen functional groups attached to an aromatic ring is 1. The van der Waals surface area contributed by atoms with E-state index in [0.29, 0.717) is 5.75 Å². The number of hydrogen-bond donors (Lipinski definition) is 1. The molecule has 0 amide bonds. The molecule has 1 heterocycles. The van der Waals surface area contributed by atoms with Crippen LogP contribution in [0.3, 0.4) is 0 Å². The highest BCUT2D eigenvalue weighted by Gasteiger charge is 2.27. The van der Waals surface area contributed by atoms with Crippen LogP contribution in [-0.4, -0.2) is 17.1 Å². The van der Waals surface area contributed by atoms with Gasteiger partial charge in [0.25, 0.3) is 0 Å². The van der Waals surface area contributed by atoms with Crippen LogP contribution in [0.25, 0.3) is 0 Å². The predicted molar refractivity (Wildman–Crippen MR) is 52.2 cm³/mol. The molecule has 0 aliphatic rings. The Morgan fingerprint density at radius 2 is 2.08 bits per heavy atom. The zero-order valence-electron chi connectivity index (χ0n) is 6.59. The molecule has 1 rings (SSSR count). The number of halogens is 3. The minimum atomic E-state index is -1.67. The minimum Gasteiger partial charge on any atom is -0.491 e. The minimum absolute atomic E-state index is 0.0239. The molecule has 2 N–H and O–H groups in total. The molecule has 0 aromatic carbocycles. The van der Waals surface area contributed by atoms with Gasteiger partial charge in [0, 0.05) is 0 Å². The van der Waals surface area contributed by atoms with E-state index in [4.69, 9.17) is 45.3 Å². The summed E-state index contributed by atoms with van der Waals surface area (Å²) in [6.45, 7) is 0. The van der Waals surface area contributed by atoms with Crippen molar-refractivity contribution in [2.75, 3.05) is 12.8 Å². The molecule has 0 aliphatic heterocycles. The van der Waals surface area contributed by atoms with E-state index >= 15 is 0 Å². The monoisotopic (exact) mass is 241 g/mol. The summed E-state index contributed by atoms with van der Waals surface area (Å²) in [4.78, 5) is 7.53. The van der Waals surface area contributed by atoms with Gasteiger partial charge in [-0.05, 0) is 0 Å². The second-order valence-corrected chi connectivity index (χ2v) is 4.43. The lowest BCUT2D eigenvalue weighted by molar-refractivity contribution is 0.412. The van der Waals surface area contributed by atoms with Gasteiger partial charge in [-0.3, -0.25) is 0 Å². The number of nitrogens with zero attached hydrogens (tertiary/aromatic N) is 2. The topological polar surface area (TPSA) is 61.0 Å². The van der Waals surface area contributed by atoms with E-state index in [2.05, 4.69) is 9.97 Å². The lowest BCUT2D eigenvalue weighted by Gasteiger charge is -2.10. The SMILES string of the molecule is COc1cnc(C(Cl)(Cl)Cl)nc1N. The van der Waals surface area contributed by atoms with Crippen molar-refractivity contribution in [3.05, 3.63) is 12.0 Å². The quantitative estimate of drug-likeness (QED) is 0.764. The summed E-state index contributed by atoms with van der Waals surface area (Å²) in [6, 6.07) is 0. The fraction of sp³-hybridized carbons (Fsp3) is 0.333. The van der Waals surface area contributed by atoms with Crippen LogP contribution in [0.15, 0.2) is 6.20 Å². The Kier molecular flexibility index (Phi) is 3.05. The van der Waals surface area contributed by atoms with E-state index in [0.717, 1.165) is 0 Å². The van der Waals surface area contributed by atoms with Gasteiger partial charge < -0.3 is 10.5 Å². The van der Waals surface area contributed by atoms with Crippen LogP contribution < -0.4 is 10.5 Å². The molecule has 0 aliphatic carbocycles. The molecule has 7 heteroatoms. The molecule has 4 nitrogen and oxygen atoms in total. The maximum Gasteiger partial charge on any atom is 0.250 e. The van der Waals surface area contributed by atoms with Crippen molar-refractivity contribution in [3.8, 4) is 5.75 Å². The van der Waals surface area contributed by atoms with Crippen LogP contribution in [-0.2, 0) is 3.79 Å². The van der Waals surface area contributed by atoms with Gasteiger partial charge in [0.1, 0.15) is 0 Å². The molecule has 72 valence electrons. The molecule has 0 saturated heterocycles. The van der Waals surface area contributed by atoms with Crippen LogP contribution in [0.5, 0.6) is 5.75 Å². The second kappa shape index (κ2) is 3.74. The first-order valence-corrected chi connectivity index (χ1v) is 4.32. The summed E-state index contributed by atoms with van der Waals surface area (Å²) < 4.78 is 3.17. The molecule has 13 heavy (non-hydrogen) atoms. The van der Waals surface area contributed by atoms with Crippen molar-refractivity contribution in [2.45, 2.75) is 3.79 Å². The number of anilines is 1. The first kappa shape index (κ1) is 10.6. The molecule has 0 radical (unpaired) electrons. The molecule has 0 bridgehead atoms. The normalized spacial score (nSPS) is 11.4. The van der Waals surface area contributed by atoms with Gasteiger partial charge in [-0.25, -0.2) is 9.97 Å². The van der Waals surface area contributed by atoms with Crippen molar-refractivity contribution in [2.24, 2.45) is 0 Å². The van der Waals surface area contributed by atoms with Crippen LogP contribution in [0.4, 0.5) is 5.82 Å². The lowest BCUT2D eigenvalue weighted by atomic mass is 10.5. The first-order chi connectivity index (χ1) is 5.95. The van der Waals surface area contributed by atoms with Crippen molar-refractivity contribution in [1.82, 2.24) is 9.97 Å². The van der Waals surface area contributed by atoms with Crippen LogP contribution in [0.2, 0.25) is 0 Å². The van der Waals surface area contributed by atoms with E-state index in [9.17, 15) is 0 Å². The Labute approximate surface area is 90.0 Å². The first-order valence-electron chi connectivity index (χ1n) is 3.19. The fourth-order valence-corrected chi connectivity index (χ4v) is 0.951. The molecular weight excluding hydrogens is 236 g/mol. The number of rotatable bonds is 1. The standard InChI is InChI=1S/C6H6Cl3N3O/c1-13-3-2-11-5(6(7,8)9)12-4(3)10/h2H,1H3,(H2,10,11,12). The van der Waals surface area contributed by atoms with Crippen molar-refractivity contribution >= 4 is 40.6 Å². The van der Waals surface area contributed by atoms with E-state index in [-0.39, 0.29) is 11.6 Å². The lowest BCUT2D eigenvalue weighted by Crippen LogP contribution is -2.09. The Morgan fingerprint density at radius 3 is 2.46 bits per heavy atom. The summed E-state index contributed by atoms with van der Waals surface area (Å²) >= 11 is 16.6. The molecule has 0 saturated carbocycles. The van der Waals surface area contributed by atoms with Gasteiger partial charge in [0.05, 0.1) is 13.3 Å². The fourth-order valence-electron chi connectivity index (χ4n) is 0.678. The van der Waals surface area contributed by atoms with Crippen LogP contribution in [0.1, 0.15) is 5.82 Å². The second-order valence-electron chi connectivity index (χ2n) is 2.14. The summed E-state index contributed by atoms with van der Waals surface area (Å²) in [7, 11) is 1.45. The molecule has 1 aromatic heterocycles. The van der Waals surface area contributed by atoms with E-state index < -0.39 is 3.79 Å². The zero-order valence-corrected chi connectivity index (χ0v) is 8.86.